The molecule has 15 heavy (non-hydrogen) atoms. The molecule has 0 radical (unpaired) electrons. The molecule has 1 aromatic carbocycles. The van der Waals surface area contributed by atoms with Gasteiger partial charge < -0.3 is 9.47 Å². The zero-order valence-corrected chi connectivity index (χ0v) is 9.16. The molecule has 0 atom stereocenters. The van der Waals surface area contributed by atoms with Crippen LogP contribution in [0, 0.1) is 0 Å². The average molecular weight is 208 g/mol. The Hall–Kier alpha value is -1.51. The van der Waals surface area contributed by atoms with Gasteiger partial charge in [-0.3, -0.25) is 4.79 Å². The lowest BCUT2D eigenvalue weighted by atomic mass is 10.1. The average Bonchev–Trinajstić information content (AvgIpc) is 2.28. The van der Waals surface area contributed by atoms with Gasteiger partial charge in [-0.2, -0.15) is 0 Å². The predicted molar refractivity (Wildman–Crippen MR) is 57.9 cm³/mol. The molecule has 0 bridgehead atoms. The third kappa shape index (κ3) is 4.02. The number of hydrogen-bond acceptors (Lipinski definition) is 3. The molecule has 82 valence electrons. The van der Waals surface area contributed by atoms with Gasteiger partial charge in [-0.15, -0.1) is 0 Å². The largest absolute Gasteiger partial charge is 0.494 e. The van der Waals surface area contributed by atoms with E-state index in [1.54, 1.807) is 0 Å². The molecule has 0 fully saturated rings. The van der Waals surface area contributed by atoms with Gasteiger partial charge in [0.2, 0.25) is 0 Å². The quantitative estimate of drug-likeness (QED) is 0.696. The van der Waals surface area contributed by atoms with Gasteiger partial charge in [0.1, 0.15) is 5.75 Å². The normalized spacial score (nSPS) is 9.73. The Morgan fingerprint density at radius 2 is 1.93 bits per heavy atom. The lowest BCUT2D eigenvalue weighted by molar-refractivity contribution is -0.140. The number of esters is 1. The van der Waals surface area contributed by atoms with Crippen molar-refractivity contribution in [3.63, 3.8) is 0 Å². The molecule has 0 aliphatic carbocycles. The Morgan fingerprint density at radius 1 is 1.27 bits per heavy atom. The van der Waals surface area contributed by atoms with Gasteiger partial charge >= 0.3 is 5.97 Å². The van der Waals surface area contributed by atoms with Crippen LogP contribution in [0.3, 0.4) is 0 Å². The first kappa shape index (κ1) is 11.6. The minimum atomic E-state index is -0.177. The number of aryl methyl sites for hydroxylation is 1. The van der Waals surface area contributed by atoms with Crippen LogP contribution < -0.4 is 4.74 Å². The molecule has 0 aliphatic heterocycles. The third-order valence-corrected chi connectivity index (χ3v) is 2.08. The van der Waals surface area contributed by atoms with Crippen molar-refractivity contribution in [1.29, 1.82) is 0 Å². The number of benzene rings is 1. The number of hydrogen-bond donors (Lipinski definition) is 0. The summed E-state index contributed by atoms with van der Waals surface area (Å²) in [5.74, 6) is 0.684. The summed E-state index contributed by atoms with van der Waals surface area (Å²) in [5.41, 5.74) is 1.11. The highest BCUT2D eigenvalue weighted by Crippen LogP contribution is 2.13. The van der Waals surface area contributed by atoms with Crippen molar-refractivity contribution in [3.05, 3.63) is 29.8 Å². The first-order valence-corrected chi connectivity index (χ1v) is 5.04. The number of rotatable bonds is 5. The first-order valence-electron chi connectivity index (χ1n) is 5.04. The topological polar surface area (TPSA) is 35.5 Å². The van der Waals surface area contributed by atoms with E-state index in [-0.39, 0.29) is 5.97 Å². The Labute approximate surface area is 90.0 Å². The maximum atomic E-state index is 10.9. The maximum absolute atomic E-state index is 10.9. The number of methoxy groups -OCH3 is 1. The summed E-state index contributed by atoms with van der Waals surface area (Å²) in [6.45, 7) is 2.62. The molecule has 0 saturated carbocycles. The SMILES string of the molecule is CCOc1ccc(CCC(=O)OC)cc1. The van der Waals surface area contributed by atoms with Crippen molar-refractivity contribution >= 4 is 5.97 Å². The van der Waals surface area contributed by atoms with E-state index < -0.39 is 0 Å². The van der Waals surface area contributed by atoms with Crippen LogP contribution in [0.5, 0.6) is 5.75 Å². The second-order valence-corrected chi connectivity index (χ2v) is 3.15. The summed E-state index contributed by atoms with van der Waals surface area (Å²) in [5, 5.41) is 0. The third-order valence-electron chi connectivity index (χ3n) is 2.08. The molecular formula is C12H16O3. The van der Waals surface area contributed by atoms with Gasteiger partial charge in [0.25, 0.3) is 0 Å². The van der Waals surface area contributed by atoms with Gasteiger partial charge in [0, 0.05) is 6.42 Å². The molecule has 0 saturated heterocycles. The Kier molecular flexibility index (Phi) is 4.68. The summed E-state index contributed by atoms with van der Waals surface area (Å²) in [4.78, 5) is 10.9. The van der Waals surface area contributed by atoms with E-state index in [9.17, 15) is 4.79 Å². The van der Waals surface area contributed by atoms with Crippen molar-refractivity contribution in [2.24, 2.45) is 0 Å². The Balaban J connectivity index is 2.45. The Morgan fingerprint density at radius 3 is 2.47 bits per heavy atom. The minimum Gasteiger partial charge on any atom is -0.494 e. The number of carbonyl (C=O) groups is 1. The predicted octanol–water partition coefficient (Wildman–Crippen LogP) is 2.19. The highest BCUT2D eigenvalue weighted by molar-refractivity contribution is 5.69. The monoisotopic (exact) mass is 208 g/mol. The molecule has 0 aromatic heterocycles. The van der Waals surface area contributed by atoms with Gasteiger partial charge in [0.05, 0.1) is 13.7 Å². The maximum Gasteiger partial charge on any atom is 0.305 e. The van der Waals surface area contributed by atoms with Gasteiger partial charge in [-0.1, -0.05) is 12.1 Å². The minimum absolute atomic E-state index is 0.177. The van der Waals surface area contributed by atoms with Crippen molar-refractivity contribution in [1.82, 2.24) is 0 Å². The van der Waals surface area contributed by atoms with E-state index in [0.29, 0.717) is 19.4 Å². The highest BCUT2D eigenvalue weighted by atomic mass is 16.5. The molecule has 3 heteroatoms. The molecule has 3 nitrogen and oxygen atoms in total. The second kappa shape index (κ2) is 6.06. The summed E-state index contributed by atoms with van der Waals surface area (Å²) in [6.07, 6.45) is 1.13. The van der Waals surface area contributed by atoms with Gasteiger partial charge in [-0.25, -0.2) is 0 Å². The molecule has 1 rings (SSSR count). The second-order valence-electron chi connectivity index (χ2n) is 3.15. The van der Waals surface area contributed by atoms with E-state index in [0.717, 1.165) is 11.3 Å². The molecule has 0 aliphatic rings. The van der Waals surface area contributed by atoms with Crippen LogP contribution in [0.25, 0.3) is 0 Å². The summed E-state index contributed by atoms with van der Waals surface area (Å²) in [7, 11) is 1.40. The zero-order valence-electron chi connectivity index (χ0n) is 9.16. The van der Waals surface area contributed by atoms with Crippen molar-refractivity contribution < 1.29 is 14.3 Å². The fourth-order valence-corrected chi connectivity index (χ4v) is 1.27. The van der Waals surface area contributed by atoms with Crippen molar-refractivity contribution in [2.45, 2.75) is 19.8 Å². The molecule has 0 heterocycles. The van der Waals surface area contributed by atoms with E-state index in [4.69, 9.17) is 4.74 Å². The van der Waals surface area contributed by atoms with Crippen molar-refractivity contribution in [2.75, 3.05) is 13.7 Å². The van der Waals surface area contributed by atoms with Crippen LogP contribution in [0.4, 0.5) is 0 Å². The smallest absolute Gasteiger partial charge is 0.305 e. The lowest BCUT2D eigenvalue weighted by Crippen LogP contribution is -2.01. The van der Waals surface area contributed by atoms with Crippen LogP contribution in [0.15, 0.2) is 24.3 Å². The summed E-state index contributed by atoms with van der Waals surface area (Å²) in [6, 6.07) is 7.76. The molecule has 0 spiro atoms. The zero-order chi connectivity index (χ0) is 11.1. The summed E-state index contributed by atoms with van der Waals surface area (Å²) < 4.78 is 9.89. The van der Waals surface area contributed by atoms with Gasteiger partial charge in [-0.05, 0) is 31.0 Å². The highest BCUT2D eigenvalue weighted by Gasteiger charge is 2.01. The van der Waals surface area contributed by atoms with Crippen LogP contribution in [-0.2, 0) is 16.0 Å². The van der Waals surface area contributed by atoms with E-state index in [2.05, 4.69) is 4.74 Å². The molecule has 0 N–H and O–H groups in total. The van der Waals surface area contributed by atoms with Crippen molar-refractivity contribution in [3.8, 4) is 5.75 Å². The fraction of sp³-hybridized carbons (Fsp3) is 0.417. The Bertz CT molecular complexity index is 303. The van der Waals surface area contributed by atoms with E-state index >= 15 is 0 Å². The van der Waals surface area contributed by atoms with Crippen LogP contribution in [-0.4, -0.2) is 19.7 Å². The number of carbonyl (C=O) groups excluding carboxylic acids is 1. The van der Waals surface area contributed by atoms with E-state index in [1.165, 1.54) is 7.11 Å². The first-order chi connectivity index (χ1) is 7.26. The molecule has 0 amide bonds. The lowest BCUT2D eigenvalue weighted by Gasteiger charge is -2.04. The van der Waals surface area contributed by atoms with Crippen LogP contribution in [0.1, 0.15) is 18.9 Å². The molecule has 1 aromatic rings. The van der Waals surface area contributed by atoms with Crippen LogP contribution in [0.2, 0.25) is 0 Å². The molecular weight excluding hydrogens is 192 g/mol. The van der Waals surface area contributed by atoms with E-state index in [1.807, 2.05) is 31.2 Å². The number of ether oxygens (including phenoxy) is 2. The standard InChI is InChI=1S/C12H16O3/c1-3-15-11-7-4-10(5-8-11)6-9-12(13)14-2/h4-5,7-8H,3,6,9H2,1-2H3. The van der Waals surface area contributed by atoms with Gasteiger partial charge in [0.15, 0.2) is 0 Å². The fourth-order valence-electron chi connectivity index (χ4n) is 1.27. The van der Waals surface area contributed by atoms with Crippen LogP contribution >= 0.6 is 0 Å². The molecule has 0 unspecified atom stereocenters. The summed E-state index contributed by atoms with van der Waals surface area (Å²) >= 11 is 0.